The molecule has 0 unspecified atom stereocenters. The minimum Gasteiger partial charge on any atom is -0.454 e. The van der Waals surface area contributed by atoms with Crippen LogP contribution in [-0.4, -0.2) is 50.8 Å². The SMILES string of the molecule is O=S(=O)(O)CCCN1C(=Cc2sc3cc4c(cc3[n+]2CCCS(=O)(=O)O)OCO4)Sc2ccc(Cl)cc21. The predicted octanol–water partition coefficient (Wildman–Crippen LogP) is 4.04. The van der Waals surface area contributed by atoms with Crippen molar-refractivity contribution in [2.75, 3.05) is 29.7 Å². The van der Waals surface area contributed by atoms with Crippen LogP contribution in [-0.2, 0) is 26.8 Å². The smallest absolute Gasteiger partial charge is 0.265 e. The molecule has 0 saturated heterocycles. The Kier molecular flexibility index (Phi) is 7.35. The van der Waals surface area contributed by atoms with E-state index in [4.69, 9.17) is 21.1 Å². The van der Waals surface area contributed by atoms with Crippen molar-refractivity contribution in [3.8, 4) is 11.5 Å². The van der Waals surface area contributed by atoms with Crippen LogP contribution < -0.4 is 18.9 Å². The minimum atomic E-state index is -4.11. The molecule has 5 rings (SSSR count). The van der Waals surface area contributed by atoms with Crippen LogP contribution in [0, 0.1) is 0 Å². The van der Waals surface area contributed by atoms with E-state index in [1.54, 1.807) is 6.07 Å². The van der Waals surface area contributed by atoms with E-state index in [9.17, 15) is 25.9 Å². The molecule has 0 radical (unpaired) electrons. The molecule has 3 heterocycles. The van der Waals surface area contributed by atoms with Crippen LogP contribution in [0.5, 0.6) is 11.5 Å². The van der Waals surface area contributed by atoms with Crippen molar-refractivity contribution < 1.29 is 40.0 Å². The maximum Gasteiger partial charge on any atom is 0.265 e. The highest BCUT2D eigenvalue weighted by atomic mass is 35.5. The summed E-state index contributed by atoms with van der Waals surface area (Å²) < 4.78 is 77.6. The highest BCUT2D eigenvalue weighted by molar-refractivity contribution is 8.04. The Morgan fingerprint density at radius 1 is 1.03 bits per heavy atom. The molecular weight excluding hydrogens is 584 g/mol. The van der Waals surface area contributed by atoms with Gasteiger partial charge >= 0.3 is 0 Å². The number of nitrogens with zero attached hydrogens (tertiary/aromatic N) is 2. The van der Waals surface area contributed by atoms with Gasteiger partial charge in [-0.2, -0.15) is 21.4 Å². The number of benzene rings is 2. The second-order valence-corrected chi connectivity index (χ2v) is 14.1. The van der Waals surface area contributed by atoms with E-state index in [0.717, 1.165) is 30.8 Å². The summed E-state index contributed by atoms with van der Waals surface area (Å²) in [5.74, 6) is 0.471. The predicted molar refractivity (Wildman–Crippen MR) is 143 cm³/mol. The van der Waals surface area contributed by atoms with Gasteiger partial charge in [0.1, 0.15) is 4.70 Å². The molecule has 0 aliphatic carbocycles. The van der Waals surface area contributed by atoms with E-state index in [1.807, 2.05) is 39.8 Å². The molecule has 2 aromatic carbocycles. The molecule has 0 fully saturated rings. The molecular formula is C22H22ClN2O8S4+. The Labute approximate surface area is 226 Å². The molecule has 37 heavy (non-hydrogen) atoms. The topological polar surface area (TPSA) is 134 Å². The van der Waals surface area contributed by atoms with Gasteiger partial charge in [-0.3, -0.25) is 9.11 Å². The van der Waals surface area contributed by atoms with Gasteiger partial charge in [-0.15, -0.1) is 0 Å². The second kappa shape index (κ2) is 10.2. The van der Waals surface area contributed by atoms with Gasteiger partial charge in [-0.1, -0.05) is 34.7 Å². The van der Waals surface area contributed by atoms with Crippen LogP contribution in [0.25, 0.3) is 16.3 Å². The highest BCUT2D eigenvalue weighted by Crippen LogP contribution is 2.48. The van der Waals surface area contributed by atoms with Gasteiger partial charge in [0, 0.05) is 29.0 Å². The number of anilines is 1. The third kappa shape index (κ3) is 6.16. The van der Waals surface area contributed by atoms with Gasteiger partial charge in [0.2, 0.25) is 12.3 Å². The molecule has 0 bridgehead atoms. The first-order valence-electron chi connectivity index (χ1n) is 11.1. The number of hydrogen-bond donors (Lipinski definition) is 2. The average Bonchev–Trinajstić information content (AvgIpc) is 3.47. The Balaban J connectivity index is 1.54. The van der Waals surface area contributed by atoms with Crippen molar-refractivity contribution in [1.82, 2.24) is 0 Å². The lowest BCUT2D eigenvalue weighted by Gasteiger charge is -2.20. The van der Waals surface area contributed by atoms with E-state index >= 15 is 0 Å². The van der Waals surface area contributed by atoms with Crippen LogP contribution in [0.4, 0.5) is 5.69 Å². The summed E-state index contributed by atoms with van der Waals surface area (Å²) in [6.45, 7) is 0.780. The van der Waals surface area contributed by atoms with Crippen molar-refractivity contribution in [2.24, 2.45) is 0 Å². The largest absolute Gasteiger partial charge is 0.454 e. The average molecular weight is 606 g/mol. The number of aryl methyl sites for hydroxylation is 1. The van der Waals surface area contributed by atoms with Crippen LogP contribution in [0.2, 0.25) is 5.02 Å². The third-order valence-electron chi connectivity index (χ3n) is 5.73. The lowest BCUT2D eigenvalue weighted by Crippen LogP contribution is -2.36. The Hall–Kier alpha value is -2.07. The first-order chi connectivity index (χ1) is 17.5. The fraction of sp³-hybridized carbons (Fsp3) is 0.318. The fourth-order valence-corrected chi connectivity index (χ4v) is 7.63. The highest BCUT2D eigenvalue weighted by Gasteiger charge is 2.30. The molecule has 2 aliphatic rings. The fourth-order valence-electron chi connectivity index (χ4n) is 4.16. The Morgan fingerprint density at radius 2 is 1.73 bits per heavy atom. The Bertz CT molecular complexity index is 1620. The maximum atomic E-state index is 11.3. The number of fused-ring (bicyclic) bond motifs is 3. The molecule has 10 nitrogen and oxygen atoms in total. The number of ether oxygens (including phenoxy) is 2. The summed E-state index contributed by atoms with van der Waals surface area (Å²) in [4.78, 5) is 2.90. The number of hydrogen-bond acceptors (Lipinski definition) is 9. The standard InChI is InChI=1S/C22H21ClN2O8S4/c23-14-3-4-19-15(9-14)24(5-1-7-36(26,27)28)21(34-19)12-22-25(6-2-8-37(29,30)31)16-10-17-18(33-13-32-17)11-20(16)35-22/h3-4,9-12H,1-2,5-8,13H2,(H-,26,27,28,29,30,31)/p+1. The van der Waals surface area contributed by atoms with E-state index in [-0.39, 0.29) is 31.1 Å². The molecule has 0 amide bonds. The third-order valence-corrected chi connectivity index (χ3v) is 9.78. The molecule has 198 valence electrons. The monoisotopic (exact) mass is 605 g/mol. The van der Waals surface area contributed by atoms with E-state index in [2.05, 4.69) is 0 Å². The maximum absolute atomic E-state index is 11.3. The number of halogens is 1. The number of thiazole rings is 1. The van der Waals surface area contributed by atoms with E-state index < -0.39 is 20.2 Å². The van der Waals surface area contributed by atoms with Crippen LogP contribution in [0.15, 0.2) is 40.3 Å². The molecule has 0 saturated carbocycles. The van der Waals surface area contributed by atoms with Gasteiger partial charge < -0.3 is 14.4 Å². The van der Waals surface area contributed by atoms with Gasteiger partial charge in [0.05, 0.1) is 34.4 Å². The van der Waals surface area contributed by atoms with Gasteiger partial charge in [-0.25, -0.2) is 0 Å². The van der Waals surface area contributed by atoms with Crippen LogP contribution in [0.1, 0.15) is 17.8 Å². The zero-order valence-corrected chi connectivity index (χ0v) is 23.2. The molecule has 1 aromatic heterocycles. The van der Waals surface area contributed by atoms with Crippen LogP contribution >= 0.6 is 34.7 Å². The summed E-state index contributed by atoms with van der Waals surface area (Å²) in [5.41, 5.74) is 1.66. The number of thioether (sulfide) groups is 1. The van der Waals surface area contributed by atoms with E-state index in [1.165, 1.54) is 23.1 Å². The molecule has 3 aromatic rings. The Morgan fingerprint density at radius 3 is 2.46 bits per heavy atom. The van der Waals surface area contributed by atoms with Crippen molar-refractivity contribution in [1.29, 1.82) is 0 Å². The lowest BCUT2D eigenvalue weighted by molar-refractivity contribution is -0.668. The van der Waals surface area contributed by atoms with Crippen molar-refractivity contribution in [2.45, 2.75) is 24.3 Å². The first kappa shape index (κ1) is 26.5. The number of aromatic nitrogens is 1. The normalized spacial score (nSPS) is 16.2. The quantitative estimate of drug-likeness (QED) is 0.272. The van der Waals surface area contributed by atoms with Gasteiger partial charge in [-0.05, 0) is 24.6 Å². The molecule has 0 atom stereocenters. The minimum absolute atomic E-state index is 0.127. The van der Waals surface area contributed by atoms with E-state index in [0.29, 0.717) is 29.6 Å². The van der Waals surface area contributed by atoms with Crippen molar-refractivity contribution in [3.05, 3.63) is 45.4 Å². The molecule has 2 N–H and O–H groups in total. The van der Waals surface area contributed by atoms with Gasteiger partial charge in [0.15, 0.2) is 18.0 Å². The van der Waals surface area contributed by atoms with Crippen molar-refractivity contribution in [3.63, 3.8) is 0 Å². The molecule has 2 aliphatic heterocycles. The van der Waals surface area contributed by atoms with Gasteiger partial charge in [0.25, 0.3) is 25.2 Å². The summed E-state index contributed by atoms with van der Waals surface area (Å²) in [7, 11) is -8.21. The lowest BCUT2D eigenvalue weighted by atomic mass is 10.2. The summed E-state index contributed by atoms with van der Waals surface area (Å²) >= 11 is 9.22. The second-order valence-electron chi connectivity index (χ2n) is 8.39. The molecule has 0 spiro atoms. The zero-order valence-electron chi connectivity index (χ0n) is 19.2. The zero-order chi connectivity index (χ0) is 26.4. The first-order valence-corrected chi connectivity index (χ1v) is 16.3. The summed E-state index contributed by atoms with van der Waals surface area (Å²) in [6.07, 6.45) is 2.35. The molecule has 15 heteroatoms. The summed E-state index contributed by atoms with van der Waals surface area (Å²) in [5, 5.41) is 2.18. The number of rotatable bonds is 9. The van der Waals surface area contributed by atoms with Crippen molar-refractivity contribution >= 4 is 76.9 Å². The van der Waals surface area contributed by atoms with Crippen LogP contribution in [0.3, 0.4) is 0 Å². The summed E-state index contributed by atoms with van der Waals surface area (Å²) in [6, 6.07) is 9.21.